The van der Waals surface area contributed by atoms with Crippen LogP contribution in [0.4, 0.5) is 0 Å². The van der Waals surface area contributed by atoms with E-state index in [2.05, 4.69) is 26.8 Å². The van der Waals surface area contributed by atoms with Gasteiger partial charge < -0.3 is 10.0 Å². The lowest BCUT2D eigenvalue weighted by Crippen LogP contribution is -2.46. The normalized spacial score (nSPS) is 21.4. The molecule has 1 unspecified atom stereocenters. The largest absolute Gasteiger partial charge is 0.394 e. The predicted molar refractivity (Wildman–Crippen MR) is 87.9 cm³/mol. The second-order valence-electron chi connectivity index (χ2n) is 6.09. The molecule has 1 aliphatic rings. The fraction of sp³-hybridized carbons (Fsp3) is 0.611. The van der Waals surface area contributed by atoms with Crippen LogP contribution in [-0.2, 0) is 4.79 Å². The fourth-order valence-corrected chi connectivity index (χ4v) is 2.45. The minimum Gasteiger partial charge on any atom is -0.394 e. The van der Waals surface area contributed by atoms with E-state index in [4.69, 9.17) is 0 Å². The summed E-state index contributed by atoms with van der Waals surface area (Å²) >= 11 is 0. The molecule has 3 nitrogen and oxygen atoms in total. The van der Waals surface area contributed by atoms with Crippen molar-refractivity contribution in [3.05, 3.63) is 34.9 Å². The number of piperidine rings is 1. The van der Waals surface area contributed by atoms with Crippen LogP contribution in [0.5, 0.6) is 0 Å². The summed E-state index contributed by atoms with van der Waals surface area (Å²) in [5.74, 6) is 0.577. The molecule has 1 heterocycles. The van der Waals surface area contributed by atoms with E-state index in [0.29, 0.717) is 5.92 Å². The molecular weight excluding hydrogens is 262 g/mol. The predicted octanol–water partition coefficient (Wildman–Crippen LogP) is 3.46. The maximum atomic E-state index is 12.4. The number of likely N-dealkylation sites (tertiary alicyclic amines) is 1. The molecule has 0 aliphatic carbocycles. The molecule has 1 amide bonds. The molecule has 1 N–H and O–H groups in total. The first-order valence-electron chi connectivity index (χ1n) is 7.84. The van der Waals surface area contributed by atoms with E-state index >= 15 is 0 Å². The van der Waals surface area contributed by atoms with Crippen LogP contribution >= 0.6 is 0 Å². The van der Waals surface area contributed by atoms with Crippen molar-refractivity contribution in [2.45, 2.75) is 53.5 Å². The topological polar surface area (TPSA) is 40.5 Å². The number of hydrogen-bond acceptors (Lipinski definition) is 2. The van der Waals surface area contributed by atoms with Crippen molar-refractivity contribution in [3.63, 3.8) is 0 Å². The summed E-state index contributed by atoms with van der Waals surface area (Å²) in [6.07, 6.45) is 7.83. The number of aliphatic hydroxyl groups is 1. The Bertz CT molecular complexity index is 458. The van der Waals surface area contributed by atoms with Crippen molar-refractivity contribution >= 4 is 5.91 Å². The number of nitrogens with zero attached hydrogens (tertiary/aromatic N) is 1. The molecule has 0 saturated carbocycles. The Morgan fingerprint density at radius 1 is 1.29 bits per heavy atom. The number of hydrogen-bond donors (Lipinski definition) is 1. The van der Waals surface area contributed by atoms with Crippen molar-refractivity contribution in [2.24, 2.45) is 5.92 Å². The summed E-state index contributed by atoms with van der Waals surface area (Å²) in [5.41, 5.74) is 3.19. The molecule has 0 bridgehead atoms. The van der Waals surface area contributed by atoms with Gasteiger partial charge in [-0.2, -0.15) is 0 Å². The first-order chi connectivity index (χ1) is 9.92. The van der Waals surface area contributed by atoms with E-state index in [-0.39, 0.29) is 18.6 Å². The smallest absolute Gasteiger partial charge is 0.250 e. The third-order valence-corrected chi connectivity index (χ3v) is 4.32. The molecule has 1 rings (SSSR count). The summed E-state index contributed by atoms with van der Waals surface area (Å²) in [7, 11) is 0. The molecule has 3 heteroatoms. The standard InChI is InChI=1S/C18H29NO2/c1-6-16-8-7-11-19(18(16)21)17(12-20)15(5)10-9-14(4)13(2)3/h6,9-10,13,17,20H,7-8,11-12H2,1-5H3/b14-9-,15-10+,16-6+. The van der Waals surface area contributed by atoms with Crippen LogP contribution in [0.1, 0.15) is 47.5 Å². The highest BCUT2D eigenvalue weighted by atomic mass is 16.3. The third kappa shape index (κ3) is 4.57. The van der Waals surface area contributed by atoms with Gasteiger partial charge in [0.1, 0.15) is 0 Å². The molecule has 0 radical (unpaired) electrons. The monoisotopic (exact) mass is 291 g/mol. The van der Waals surface area contributed by atoms with Gasteiger partial charge in [0.15, 0.2) is 0 Å². The fourth-order valence-electron chi connectivity index (χ4n) is 2.45. The zero-order valence-corrected chi connectivity index (χ0v) is 14.0. The maximum Gasteiger partial charge on any atom is 0.250 e. The van der Waals surface area contributed by atoms with Gasteiger partial charge in [0, 0.05) is 12.1 Å². The van der Waals surface area contributed by atoms with Crippen LogP contribution in [0, 0.1) is 5.92 Å². The summed E-state index contributed by atoms with van der Waals surface area (Å²) < 4.78 is 0. The van der Waals surface area contributed by atoms with Gasteiger partial charge in [-0.05, 0) is 45.1 Å². The average molecular weight is 291 g/mol. The van der Waals surface area contributed by atoms with E-state index in [1.165, 1.54) is 5.57 Å². The third-order valence-electron chi connectivity index (χ3n) is 4.32. The van der Waals surface area contributed by atoms with Gasteiger partial charge in [0.25, 0.3) is 0 Å². The Morgan fingerprint density at radius 3 is 2.43 bits per heavy atom. The van der Waals surface area contributed by atoms with Crippen molar-refractivity contribution in [2.75, 3.05) is 13.2 Å². The lowest BCUT2D eigenvalue weighted by Gasteiger charge is -2.35. The molecule has 1 aliphatic heterocycles. The van der Waals surface area contributed by atoms with Crippen LogP contribution in [0.3, 0.4) is 0 Å². The molecule has 1 fully saturated rings. The summed E-state index contributed by atoms with van der Waals surface area (Å²) in [4.78, 5) is 14.2. The Morgan fingerprint density at radius 2 is 1.90 bits per heavy atom. The minimum absolute atomic E-state index is 0.0281. The Kier molecular flexibility index (Phi) is 6.90. The highest BCUT2D eigenvalue weighted by molar-refractivity contribution is 5.94. The van der Waals surface area contributed by atoms with Crippen LogP contribution in [0.2, 0.25) is 0 Å². The van der Waals surface area contributed by atoms with Gasteiger partial charge in [-0.15, -0.1) is 0 Å². The van der Waals surface area contributed by atoms with Gasteiger partial charge in [0.05, 0.1) is 12.6 Å². The highest BCUT2D eigenvalue weighted by Crippen LogP contribution is 2.22. The Hall–Kier alpha value is -1.35. The molecule has 0 spiro atoms. The first kappa shape index (κ1) is 17.7. The van der Waals surface area contributed by atoms with E-state index < -0.39 is 0 Å². The summed E-state index contributed by atoms with van der Waals surface area (Å²) in [5, 5.41) is 9.72. The Balaban J connectivity index is 2.94. The maximum absolute atomic E-state index is 12.4. The van der Waals surface area contributed by atoms with Crippen molar-refractivity contribution in [1.82, 2.24) is 4.90 Å². The molecule has 118 valence electrons. The van der Waals surface area contributed by atoms with Crippen molar-refractivity contribution in [1.29, 1.82) is 0 Å². The van der Waals surface area contributed by atoms with Crippen molar-refractivity contribution in [3.8, 4) is 0 Å². The molecule has 1 atom stereocenters. The molecule has 0 aromatic heterocycles. The lowest BCUT2D eigenvalue weighted by molar-refractivity contribution is -0.131. The van der Waals surface area contributed by atoms with Gasteiger partial charge in [-0.3, -0.25) is 4.79 Å². The van der Waals surface area contributed by atoms with E-state index in [9.17, 15) is 9.90 Å². The molecular formula is C18H29NO2. The minimum atomic E-state index is -0.219. The van der Waals surface area contributed by atoms with Crippen LogP contribution in [-0.4, -0.2) is 35.1 Å². The van der Waals surface area contributed by atoms with Gasteiger partial charge >= 0.3 is 0 Å². The summed E-state index contributed by atoms with van der Waals surface area (Å²) in [6.45, 7) is 11.0. The van der Waals surface area contributed by atoms with Crippen LogP contribution in [0.15, 0.2) is 34.9 Å². The number of rotatable bonds is 5. The molecule has 1 saturated heterocycles. The second kappa shape index (κ2) is 8.18. The zero-order valence-electron chi connectivity index (χ0n) is 14.0. The SMILES string of the molecule is C/C=C1\CCCN(C(CO)/C(C)=C/C=C(/C)C(C)C)C1=O. The number of aliphatic hydroxyl groups excluding tert-OH is 1. The van der Waals surface area contributed by atoms with Gasteiger partial charge in [0.2, 0.25) is 5.91 Å². The zero-order chi connectivity index (χ0) is 16.0. The second-order valence-corrected chi connectivity index (χ2v) is 6.09. The van der Waals surface area contributed by atoms with E-state index in [1.54, 1.807) is 0 Å². The van der Waals surface area contributed by atoms with E-state index in [0.717, 1.165) is 30.5 Å². The molecule has 0 aromatic carbocycles. The molecule has 0 aromatic rings. The average Bonchev–Trinajstić information content (AvgIpc) is 2.47. The van der Waals surface area contributed by atoms with Gasteiger partial charge in [-0.25, -0.2) is 0 Å². The van der Waals surface area contributed by atoms with Gasteiger partial charge in [-0.1, -0.05) is 37.6 Å². The summed E-state index contributed by atoms with van der Waals surface area (Å²) in [6, 6.07) is -0.219. The number of amides is 1. The number of allylic oxidation sites excluding steroid dienone is 4. The van der Waals surface area contributed by atoms with Crippen LogP contribution < -0.4 is 0 Å². The van der Waals surface area contributed by atoms with Crippen LogP contribution in [0.25, 0.3) is 0 Å². The number of carbonyl (C=O) groups excluding carboxylic acids is 1. The quantitative estimate of drug-likeness (QED) is 0.622. The van der Waals surface area contributed by atoms with E-state index in [1.807, 2.05) is 30.9 Å². The number of carbonyl (C=O) groups is 1. The van der Waals surface area contributed by atoms with Crippen molar-refractivity contribution < 1.29 is 9.90 Å². The highest BCUT2D eigenvalue weighted by Gasteiger charge is 2.29. The molecule has 21 heavy (non-hydrogen) atoms. The lowest BCUT2D eigenvalue weighted by atomic mass is 9.98. The first-order valence-corrected chi connectivity index (χ1v) is 7.84. The Labute approximate surface area is 129 Å².